The molecule has 1 aliphatic rings. The van der Waals surface area contributed by atoms with E-state index in [4.69, 9.17) is 17.3 Å². The molecule has 1 fully saturated rings. The Morgan fingerprint density at radius 2 is 1.96 bits per heavy atom. The molecule has 0 aromatic heterocycles. The van der Waals surface area contributed by atoms with Gasteiger partial charge in [-0.2, -0.15) is 0 Å². The minimum absolute atomic E-state index is 0.0563. The number of nitrogens with zero attached hydrogens (tertiary/aromatic N) is 1. The molecular weight excluding hydrogens is 477 g/mol. The number of anilines is 1. The Morgan fingerprint density at radius 3 is 2.63 bits per heavy atom. The second-order valence-electron chi connectivity index (χ2n) is 6.75. The lowest BCUT2D eigenvalue weighted by atomic mass is 9.97. The molecule has 7 heteroatoms. The number of benzene rings is 2. The van der Waals surface area contributed by atoms with Crippen LogP contribution in [-0.4, -0.2) is 29.8 Å². The highest BCUT2D eigenvalue weighted by Gasteiger charge is 2.23. The predicted octanol–water partition coefficient (Wildman–Crippen LogP) is 3.89. The number of piperidine rings is 1. The van der Waals surface area contributed by atoms with Crippen LogP contribution in [0, 0.1) is 9.49 Å². The molecule has 0 radical (unpaired) electrons. The van der Waals surface area contributed by atoms with Crippen molar-refractivity contribution in [3.63, 3.8) is 0 Å². The quantitative estimate of drug-likeness (QED) is 0.616. The molecule has 1 atom stereocenters. The van der Waals surface area contributed by atoms with Gasteiger partial charge in [-0.25, -0.2) is 0 Å². The van der Waals surface area contributed by atoms with E-state index in [1.807, 2.05) is 24.3 Å². The number of carbonyl (C=O) groups is 2. The van der Waals surface area contributed by atoms with Crippen LogP contribution in [0.15, 0.2) is 42.5 Å². The lowest BCUT2D eigenvalue weighted by Gasteiger charge is -2.31. The molecular formula is C20H21ClIN3O2. The molecule has 0 aliphatic carbocycles. The Hall–Kier alpha value is -1.64. The molecule has 0 bridgehead atoms. The van der Waals surface area contributed by atoms with Crippen molar-refractivity contribution in [1.82, 2.24) is 4.90 Å². The number of likely N-dealkylation sites (tertiary alicyclic amines) is 1. The van der Waals surface area contributed by atoms with E-state index in [-0.39, 0.29) is 17.7 Å². The van der Waals surface area contributed by atoms with Gasteiger partial charge in [0, 0.05) is 27.4 Å². The lowest BCUT2D eigenvalue weighted by Crippen LogP contribution is -2.40. The molecule has 1 heterocycles. The average molecular weight is 498 g/mol. The van der Waals surface area contributed by atoms with Crippen LogP contribution in [0.25, 0.3) is 0 Å². The monoisotopic (exact) mass is 497 g/mol. The van der Waals surface area contributed by atoms with Crippen LogP contribution in [0.5, 0.6) is 0 Å². The Balaban J connectivity index is 1.60. The summed E-state index contributed by atoms with van der Waals surface area (Å²) in [5.74, 6) is -0.433. The fraction of sp³-hybridized carbons (Fsp3) is 0.300. The van der Waals surface area contributed by atoms with Gasteiger partial charge in [-0.15, -0.1) is 0 Å². The van der Waals surface area contributed by atoms with Gasteiger partial charge in [-0.1, -0.05) is 23.7 Å². The second kappa shape index (κ2) is 9.03. The van der Waals surface area contributed by atoms with Gasteiger partial charge in [0.1, 0.15) is 0 Å². The van der Waals surface area contributed by atoms with Crippen molar-refractivity contribution < 1.29 is 9.59 Å². The molecule has 1 unspecified atom stereocenters. The number of primary amides is 1. The van der Waals surface area contributed by atoms with Gasteiger partial charge in [-0.05, 0) is 77.9 Å². The first-order chi connectivity index (χ1) is 12.9. The number of nitrogens with one attached hydrogen (secondary N) is 1. The molecule has 2 amide bonds. The molecule has 3 rings (SSSR count). The number of hydrogen-bond donors (Lipinski definition) is 2. The molecule has 1 aliphatic heterocycles. The van der Waals surface area contributed by atoms with Crippen LogP contribution < -0.4 is 11.1 Å². The maximum absolute atomic E-state index is 12.4. The lowest BCUT2D eigenvalue weighted by molar-refractivity contribution is -0.123. The van der Waals surface area contributed by atoms with E-state index < -0.39 is 0 Å². The smallest absolute Gasteiger partial charge is 0.256 e. The van der Waals surface area contributed by atoms with Crippen molar-refractivity contribution in [2.24, 2.45) is 11.7 Å². The number of carbonyl (C=O) groups excluding carboxylic acids is 2. The van der Waals surface area contributed by atoms with E-state index in [9.17, 15) is 9.59 Å². The van der Waals surface area contributed by atoms with E-state index in [0.29, 0.717) is 17.1 Å². The van der Waals surface area contributed by atoms with Crippen molar-refractivity contribution >= 4 is 51.7 Å². The van der Waals surface area contributed by atoms with Crippen molar-refractivity contribution in [3.8, 4) is 0 Å². The average Bonchev–Trinajstić information content (AvgIpc) is 2.63. The maximum Gasteiger partial charge on any atom is 0.256 e. The Labute approximate surface area is 177 Å². The zero-order valence-corrected chi connectivity index (χ0v) is 17.7. The highest BCUT2D eigenvalue weighted by molar-refractivity contribution is 14.1. The Morgan fingerprint density at radius 1 is 1.22 bits per heavy atom. The molecule has 0 saturated carbocycles. The van der Waals surface area contributed by atoms with E-state index in [2.05, 4.69) is 32.8 Å². The summed E-state index contributed by atoms with van der Waals surface area (Å²) in [6.07, 6.45) is 1.86. The van der Waals surface area contributed by atoms with Crippen LogP contribution in [0.1, 0.15) is 28.8 Å². The first-order valence-corrected chi connectivity index (χ1v) is 10.2. The highest BCUT2D eigenvalue weighted by atomic mass is 127. The standard InChI is InChI=1S/C20H21ClIN3O2/c21-15-5-8-17(18(22)10-15)20(27)24-16-6-3-13(4-7-16)11-25-9-1-2-14(12-25)19(23)26/h3-8,10,14H,1-2,9,11-12H2,(H2,23,26)(H,24,27). The van der Waals surface area contributed by atoms with E-state index in [0.717, 1.165) is 40.8 Å². The number of nitrogens with two attached hydrogens (primary N) is 1. The summed E-state index contributed by atoms with van der Waals surface area (Å²) in [7, 11) is 0. The third kappa shape index (κ3) is 5.43. The molecule has 0 spiro atoms. The molecule has 142 valence electrons. The summed E-state index contributed by atoms with van der Waals surface area (Å²) in [6.45, 7) is 2.45. The second-order valence-corrected chi connectivity index (χ2v) is 8.35. The third-order valence-electron chi connectivity index (χ3n) is 4.70. The van der Waals surface area contributed by atoms with Crippen molar-refractivity contribution in [2.45, 2.75) is 19.4 Å². The van der Waals surface area contributed by atoms with E-state index in [1.54, 1.807) is 18.2 Å². The number of amides is 2. The zero-order chi connectivity index (χ0) is 19.4. The van der Waals surface area contributed by atoms with Gasteiger partial charge in [-0.3, -0.25) is 14.5 Å². The summed E-state index contributed by atoms with van der Waals surface area (Å²) in [4.78, 5) is 26.1. The van der Waals surface area contributed by atoms with Crippen molar-refractivity contribution in [1.29, 1.82) is 0 Å². The number of hydrogen-bond acceptors (Lipinski definition) is 3. The van der Waals surface area contributed by atoms with Crippen LogP contribution in [0.3, 0.4) is 0 Å². The normalized spacial score (nSPS) is 17.5. The van der Waals surface area contributed by atoms with Crippen molar-refractivity contribution in [3.05, 3.63) is 62.2 Å². The molecule has 5 nitrogen and oxygen atoms in total. The van der Waals surface area contributed by atoms with Crippen LogP contribution >= 0.6 is 34.2 Å². The van der Waals surface area contributed by atoms with Crippen LogP contribution in [-0.2, 0) is 11.3 Å². The van der Waals surface area contributed by atoms with E-state index >= 15 is 0 Å². The maximum atomic E-state index is 12.4. The summed E-state index contributed by atoms with van der Waals surface area (Å²) in [6, 6.07) is 13.0. The highest BCUT2D eigenvalue weighted by Crippen LogP contribution is 2.21. The topological polar surface area (TPSA) is 75.4 Å². The molecule has 3 N–H and O–H groups in total. The van der Waals surface area contributed by atoms with Crippen LogP contribution in [0.2, 0.25) is 5.02 Å². The minimum atomic E-state index is -0.213. The SMILES string of the molecule is NC(=O)C1CCCN(Cc2ccc(NC(=O)c3ccc(Cl)cc3I)cc2)C1. The predicted molar refractivity (Wildman–Crippen MR) is 116 cm³/mol. The third-order valence-corrected chi connectivity index (χ3v) is 5.83. The molecule has 1 saturated heterocycles. The summed E-state index contributed by atoms with van der Waals surface area (Å²) >= 11 is 8.04. The van der Waals surface area contributed by atoms with Crippen molar-refractivity contribution in [2.75, 3.05) is 18.4 Å². The van der Waals surface area contributed by atoms with Gasteiger partial charge in [0.25, 0.3) is 5.91 Å². The summed E-state index contributed by atoms with van der Waals surface area (Å²) in [5.41, 5.74) is 7.91. The molecule has 2 aromatic rings. The van der Waals surface area contributed by atoms with Gasteiger partial charge in [0.2, 0.25) is 5.91 Å². The molecule has 2 aromatic carbocycles. The largest absolute Gasteiger partial charge is 0.369 e. The van der Waals surface area contributed by atoms with Gasteiger partial charge < -0.3 is 11.1 Å². The number of rotatable bonds is 5. The minimum Gasteiger partial charge on any atom is -0.369 e. The first-order valence-electron chi connectivity index (χ1n) is 8.79. The fourth-order valence-corrected chi connectivity index (χ4v) is 4.37. The summed E-state index contributed by atoms with van der Waals surface area (Å²) < 4.78 is 0.809. The zero-order valence-electron chi connectivity index (χ0n) is 14.8. The van der Waals surface area contributed by atoms with Crippen LogP contribution in [0.4, 0.5) is 5.69 Å². The fourth-order valence-electron chi connectivity index (χ4n) is 3.26. The number of halogens is 2. The Kier molecular flexibility index (Phi) is 6.73. The Bertz CT molecular complexity index is 842. The van der Waals surface area contributed by atoms with Gasteiger partial charge in [0.15, 0.2) is 0 Å². The first kappa shape index (κ1) is 20.1. The van der Waals surface area contributed by atoms with Gasteiger partial charge >= 0.3 is 0 Å². The molecule has 27 heavy (non-hydrogen) atoms. The van der Waals surface area contributed by atoms with Gasteiger partial charge in [0.05, 0.1) is 11.5 Å². The van der Waals surface area contributed by atoms with E-state index in [1.165, 1.54) is 0 Å². The summed E-state index contributed by atoms with van der Waals surface area (Å²) in [5, 5.41) is 3.52.